The molecule has 0 saturated carbocycles. The van der Waals surface area contributed by atoms with Gasteiger partial charge in [0.05, 0.1) is 11.4 Å². The van der Waals surface area contributed by atoms with E-state index in [1.807, 2.05) is 4.90 Å². The van der Waals surface area contributed by atoms with Gasteiger partial charge in [0.2, 0.25) is 21.8 Å². The normalized spacial score (nSPS) is 19.2. The largest absolute Gasteiger partial charge is 0.343 e. The van der Waals surface area contributed by atoms with Crippen molar-refractivity contribution >= 4 is 31.9 Å². The lowest BCUT2D eigenvalue weighted by atomic mass is 9.99. The first kappa shape index (κ1) is 24.3. The molecule has 2 saturated heterocycles. The summed E-state index contributed by atoms with van der Waals surface area (Å²) in [6.45, 7) is 6.38. The van der Waals surface area contributed by atoms with Crippen molar-refractivity contribution in [3.8, 4) is 0 Å². The third-order valence-electron chi connectivity index (χ3n) is 6.35. The summed E-state index contributed by atoms with van der Waals surface area (Å²) in [6, 6.07) is 6.70. The number of amides is 1. The molecule has 2 aliphatic heterocycles. The maximum Gasteiger partial charge on any atom is 0.243 e. The van der Waals surface area contributed by atoms with Gasteiger partial charge < -0.3 is 9.42 Å². The van der Waals surface area contributed by atoms with Gasteiger partial charge in [-0.25, -0.2) is 8.42 Å². The van der Waals surface area contributed by atoms with Crippen LogP contribution in [0.15, 0.2) is 38.2 Å². The van der Waals surface area contributed by atoms with Crippen LogP contribution in [0.4, 0.5) is 0 Å². The van der Waals surface area contributed by atoms with Gasteiger partial charge in [0.15, 0.2) is 5.82 Å². The fraction of sp³-hybridized carbons (Fsp3) is 0.591. The molecule has 0 N–H and O–H groups in total. The SMILES string of the molecule is CC1CCN(C(=O)CCc2nc(CN3CCN(S(=O)(=O)c4ccc(Br)cc4)CC3)no2)CC1. The second kappa shape index (κ2) is 10.6. The van der Waals surface area contributed by atoms with Crippen LogP contribution >= 0.6 is 15.9 Å². The molecule has 3 heterocycles. The lowest BCUT2D eigenvalue weighted by molar-refractivity contribution is -0.132. The van der Waals surface area contributed by atoms with E-state index in [0.29, 0.717) is 68.1 Å². The number of aryl methyl sites for hydroxylation is 1. The van der Waals surface area contributed by atoms with E-state index in [2.05, 4.69) is 37.9 Å². The summed E-state index contributed by atoms with van der Waals surface area (Å²) < 4.78 is 33.4. The Morgan fingerprint density at radius 3 is 2.42 bits per heavy atom. The third kappa shape index (κ3) is 6.20. The van der Waals surface area contributed by atoms with Crippen LogP contribution in [0.2, 0.25) is 0 Å². The number of aromatic nitrogens is 2. The van der Waals surface area contributed by atoms with E-state index in [1.165, 1.54) is 4.31 Å². The van der Waals surface area contributed by atoms with Crippen molar-refractivity contribution in [2.45, 2.75) is 44.0 Å². The van der Waals surface area contributed by atoms with Crippen molar-refractivity contribution in [3.05, 3.63) is 40.5 Å². The van der Waals surface area contributed by atoms with Crippen molar-refractivity contribution < 1.29 is 17.7 Å². The quantitative estimate of drug-likeness (QED) is 0.532. The second-order valence-corrected chi connectivity index (χ2v) is 11.7. The topological polar surface area (TPSA) is 99.9 Å². The van der Waals surface area contributed by atoms with Gasteiger partial charge in [-0.2, -0.15) is 9.29 Å². The van der Waals surface area contributed by atoms with E-state index in [4.69, 9.17) is 4.52 Å². The number of likely N-dealkylation sites (tertiary alicyclic amines) is 1. The van der Waals surface area contributed by atoms with Crippen LogP contribution in [0, 0.1) is 5.92 Å². The van der Waals surface area contributed by atoms with Crippen molar-refractivity contribution in [2.24, 2.45) is 5.92 Å². The maximum atomic E-state index is 12.8. The van der Waals surface area contributed by atoms with Gasteiger partial charge in [0, 0.05) is 56.6 Å². The summed E-state index contributed by atoms with van der Waals surface area (Å²) in [6.07, 6.45) is 2.95. The van der Waals surface area contributed by atoms with Crippen LogP contribution < -0.4 is 0 Å². The van der Waals surface area contributed by atoms with Gasteiger partial charge in [-0.05, 0) is 43.0 Å². The number of halogens is 1. The Bertz CT molecular complexity index is 1040. The summed E-state index contributed by atoms with van der Waals surface area (Å²) in [5.41, 5.74) is 0. The van der Waals surface area contributed by atoms with Gasteiger partial charge in [0.1, 0.15) is 0 Å². The molecule has 0 unspecified atom stereocenters. The molecule has 180 valence electrons. The highest BCUT2D eigenvalue weighted by atomic mass is 79.9. The van der Waals surface area contributed by atoms with E-state index in [9.17, 15) is 13.2 Å². The first-order valence-electron chi connectivity index (χ1n) is 11.4. The van der Waals surface area contributed by atoms with E-state index in [1.54, 1.807) is 24.3 Å². The molecular weight excluding hydrogens is 510 g/mol. The standard InChI is InChI=1S/C22H30BrN5O4S/c1-17-8-10-27(11-9-17)22(29)7-6-21-24-20(25-32-21)16-26-12-14-28(15-13-26)33(30,31)19-4-2-18(23)3-5-19/h2-5,17H,6-16H2,1H3. The molecule has 9 nitrogen and oxygen atoms in total. The molecule has 2 aromatic rings. The zero-order chi connectivity index (χ0) is 23.4. The summed E-state index contributed by atoms with van der Waals surface area (Å²) in [7, 11) is -3.50. The predicted octanol–water partition coefficient (Wildman–Crippen LogP) is 2.53. The van der Waals surface area contributed by atoms with Crippen molar-refractivity contribution in [3.63, 3.8) is 0 Å². The Hall–Kier alpha value is -1.82. The second-order valence-electron chi connectivity index (χ2n) is 8.80. The Morgan fingerprint density at radius 2 is 1.76 bits per heavy atom. The zero-order valence-corrected chi connectivity index (χ0v) is 21.2. The van der Waals surface area contributed by atoms with Gasteiger partial charge >= 0.3 is 0 Å². The lowest BCUT2D eigenvalue weighted by Crippen LogP contribution is -2.48. The average Bonchev–Trinajstić information content (AvgIpc) is 3.26. The minimum absolute atomic E-state index is 0.143. The Kier molecular flexibility index (Phi) is 7.83. The number of hydrogen-bond acceptors (Lipinski definition) is 7. The van der Waals surface area contributed by atoms with Gasteiger partial charge in [-0.1, -0.05) is 28.0 Å². The van der Waals surface area contributed by atoms with Gasteiger partial charge in [0.25, 0.3) is 0 Å². The fourth-order valence-electron chi connectivity index (χ4n) is 4.17. The van der Waals surface area contributed by atoms with Gasteiger partial charge in [-0.15, -0.1) is 0 Å². The average molecular weight is 540 g/mol. The fourth-order valence-corrected chi connectivity index (χ4v) is 5.86. The Labute approximate surface area is 203 Å². The number of rotatable bonds is 7. The van der Waals surface area contributed by atoms with Crippen LogP contribution in [0.3, 0.4) is 0 Å². The first-order chi connectivity index (χ1) is 15.8. The van der Waals surface area contributed by atoms with E-state index >= 15 is 0 Å². The molecule has 0 spiro atoms. The van der Waals surface area contributed by atoms with Crippen LogP contribution in [-0.4, -0.2) is 77.8 Å². The molecule has 1 aromatic carbocycles. The van der Waals surface area contributed by atoms with Crippen LogP contribution in [-0.2, 0) is 27.8 Å². The number of nitrogens with zero attached hydrogens (tertiary/aromatic N) is 5. The van der Waals surface area contributed by atoms with Crippen molar-refractivity contribution in [2.75, 3.05) is 39.3 Å². The minimum Gasteiger partial charge on any atom is -0.343 e. The number of carbonyl (C=O) groups excluding carboxylic acids is 1. The molecule has 11 heteroatoms. The molecule has 2 fully saturated rings. The highest BCUT2D eigenvalue weighted by Gasteiger charge is 2.29. The molecule has 1 aromatic heterocycles. The maximum absolute atomic E-state index is 12.8. The van der Waals surface area contributed by atoms with E-state index in [-0.39, 0.29) is 5.91 Å². The Morgan fingerprint density at radius 1 is 1.09 bits per heavy atom. The summed E-state index contributed by atoms with van der Waals surface area (Å²) in [4.78, 5) is 21.2. The summed E-state index contributed by atoms with van der Waals surface area (Å²) in [5, 5.41) is 4.05. The molecular formula is C22H30BrN5O4S. The number of carbonyl (C=O) groups is 1. The molecule has 0 bridgehead atoms. The number of hydrogen-bond donors (Lipinski definition) is 0. The van der Waals surface area contributed by atoms with Crippen LogP contribution in [0.25, 0.3) is 0 Å². The monoisotopic (exact) mass is 539 g/mol. The van der Waals surface area contributed by atoms with E-state index < -0.39 is 10.0 Å². The number of benzene rings is 1. The van der Waals surface area contributed by atoms with Crippen LogP contribution in [0.5, 0.6) is 0 Å². The molecule has 33 heavy (non-hydrogen) atoms. The highest BCUT2D eigenvalue weighted by molar-refractivity contribution is 9.10. The zero-order valence-electron chi connectivity index (χ0n) is 18.8. The lowest BCUT2D eigenvalue weighted by Gasteiger charge is -2.33. The number of piperidine rings is 1. The summed E-state index contributed by atoms with van der Waals surface area (Å²) >= 11 is 3.33. The number of piperazine rings is 1. The third-order valence-corrected chi connectivity index (χ3v) is 8.79. The van der Waals surface area contributed by atoms with Crippen molar-refractivity contribution in [1.29, 1.82) is 0 Å². The molecule has 0 atom stereocenters. The molecule has 4 rings (SSSR count). The minimum atomic E-state index is -3.50. The first-order valence-corrected chi connectivity index (χ1v) is 13.6. The number of sulfonamides is 1. The molecule has 2 aliphatic rings. The highest BCUT2D eigenvalue weighted by Crippen LogP contribution is 2.21. The summed E-state index contributed by atoms with van der Waals surface area (Å²) in [5.74, 6) is 1.87. The van der Waals surface area contributed by atoms with Crippen LogP contribution in [0.1, 0.15) is 37.9 Å². The molecule has 0 aliphatic carbocycles. The smallest absolute Gasteiger partial charge is 0.243 e. The molecule has 1 amide bonds. The van der Waals surface area contributed by atoms with Crippen molar-refractivity contribution in [1.82, 2.24) is 24.2 Å². The predicted molar refractivity (Wildman–Crippen MR) is 126 cm³/mol. The van der Waals surface area contributed by atoms with Gasteiger partial charge in [-0.3, -0.25) is 9.69 Å². The van der Waals surface area contributed by atoms with E-state index in [0.717, 1.165) is 30.4 Å². The Balaban J connectivity index is 1.23. The molecule has 0 radical (unpaired) electrons.